The summed E-state index contributed by atoms with van der Waals surface area (Å²) in [5, 5.41) is 2.28. The van der Waals surface area contributed by atoms with Gasteiger partial charge in [0.15, 0.2) is 0 Å². The molecule has 2 nitrogen and oxygen atoms in total. The highest BCUT2D eigenvalue weighted by molar-refractivity contribution is 9.10. The van der Waals surface area contributed by atoms with Crippen LogP contribution in [0.5, 0.6) is 0 Å². The molecule has 5 heteroatoms. The van der Waals surface area contributed by atoms with Crippen molar-refractivity contribution in [2.45, 2.75) is 32.2 Å². The summed E-state index contributed by atoms with van der Waals surface area (Å²) in [6.07, 6.45) is 2.57. The second-order valence-electron chi connectivity index (χ2n) is 8.79. The van der Waals surface area contributed by atoms with Gasteiger partial charge in [-0.05, 0) is 33.5 Å². The molecule has 3 aromatic carbocycles. The van der Waals surface area contributed by atoms with E-state index in [-0.39, 0.29) is 5.04 Å². The normalized spacial score (nSPS) is 14.2. The summed E-state index contributed by atoms with van der Waals surface area (Å²) >= 11 is 3.62. The minimum atomic E-state index is -2.70. The van der Waals surface area contributed by atoms with E-state index >= 15 is 0 Å². The number of nitrogens with zero attached hydrogens (tertiary/aromatic N) is 1. The summed E-state index contributed by atoms with van der Waals surface area (Å²) in [6, 6.07) is 29.1. The number of halogens is 1. The van der Waals surface area contributed by atoms with Crippen molar-refractivity contribution in [2.75, 3.05) is 12.0 Å². The number of hydrogen-bond donors (Lipinski definition) is 0. The van der Waals surface area contributed by atoms with Gasteiger partial charge >= 0.3 is 0 Å². The first-order valence-electron chi connectivity index (χ1n) is 10.2. The molecular formula is C25H30BrNOSSi. The van der Waals surface area contributed by atoms with Crippen molar-refractivity contribution in [3.8, 4) is 0 Å². The summed E-state index contributed by atoms with van der Waals surface area (Å²) in [4.78, 5) is 0. The second kappa shape index (κ2) is 9.21. The van der Waals surface area contributed by atoms with Crippen molar-refractivity contribution in [1.29, 1.82) is 0 Å². The Labute approximate surface area is 191 Å². The molecule has 0 aliphatic rings. The summed E-state index contributed by atoms with van der Waals surface area (Å²) in [7, 11) is -5.12. The molecule has 3 aromatic rings. The molecule has 0 amide bonds. The van der Waals surface area contributed by atoms with E-state index in [1.807, 2.05) is 36.6 Å². The fourth-order valence-electron chi connectivity index (χ4n) is 3.97. The lowest BCUT2D eigenvalue weighted by molar-refractivity contribution is 0.678. The highest BCUT2D eigenvalue weighted by Gasteiger charge is 2.49. The zero-order chi connectivity index (χ0) is 21.8. The third-order valence-electron chi connectivity index (χ3n) is 5.51. The lowest BCUT2D eigenvalue weighted by Gasteiger charge is -2.40. The van der Waals surface area contributed by atoms with Gasteiger partial charge in [-0.15, -0.1) is 0 Å². The Kier molecular flexibility index (Phi) is 7.05. The summed E-state index contributed by atoms with van der Waals surface area (Å²) in [5.74, 6) is 0.542. The summed E-state index contributed by atoms with van der Waals surface area (Å²) in [6.45, 7) is 6.73. The van der Waals surface area contributed by atoms with Crippen molar-refractivity contribution in [2.24, 2.45) is 4.03 Å². The topological polar surface area (TPSA) is 29.4 Å². The minimum Gasteiger partial charge on any atom is -0.266 e. The molecule has 0 N–H and O–H groups in total. The maximum Gasteiger partial charge on any atom is 0.259 e. The predicted molar refractivity (Wildman–Crippen MR) is 137 cm³/mol. The van der Waals surface area contributed by atoms with Crippen LogP contribution in [0, 0.1) is 0 Å². The molecule has 1 unspecified atom stereocenters. The Bertz CT molecular complexity index is 1060. The first kappa shape index (κ1) is 23.0. The average molecular weight is 501 g/mol. The quantitative estimate of drug-likeness (QED) is 0.402. The Morgan fingerprint density at radius 2 is 1.30 bits per heavy atom. The van der Waals surface area contributed by atoms with Crippen LogP contribution < -0.4 is 10.4 Å². The fourth-order valence-corrected chi connectivity index (χ4v) is 13.1. The van der Waals surface area contributed by atoms with E-state index in [2.05, 4.69) is 91.3 Å². The smallest absolute Gasteiger partial charge is 0.259 e. The van der Waals surface area contributed by atoms with E-state index in [9.17, 15) is 4.21 Å². The van der Waals surface area contributed by atoms with Gasteiger partial charge in [0, 0.05) is 26.2 Å². The van der Waals surface area contributed by atoms with Gasteiger partial charge in [-0.25, -0.2) is 0 Å². The lowest BCUT2D eigenvalue weighted by Crippen LogP contribution is -2.63. The van der Waals surface area contributed by atoms with E-state index in [0.29, 0.717) is 5.75 Å². The highest BCUT2D eigenvalue weighted by Crippen LogP contribution is 2.37. The van der Waals surface area contributed by atoms with Crippen LogP contribution in [-0.4, -0.2) is 24.5 Å². The first-order valence-corrected chi connectivity index (χ1v) is 15.0. The van der Waals surface area contributed by atoms with E-state index in [1.165, 1.54) is 15.9 Å². The molecule has 0 saturated heterocycles. The van der Waals surface area contributed by atoms with Crippen LogP contribution in [0.4, 0.5) is 0 Å². The van der Waals surface area contributed by atoms with Crippen LogP contribution in [0.1, 0.15) is 26.3 Å². The molecule has 30 heavy (non-hydrogen) atoms. The maximum atomic E-state index is 13.9. The van der Waals surface area contributed by atoms with Crippen molar-refractivity contribution < 1.29 is 4.21 Å². The molecule has 158 valence electrons. The molecule has 0 fully saturated rings. The van der Waals surface area contributed by atoms with Crippen molar-refractivity contribution in [3.63, 3.8) is 0 Å². The van der Waals surface area contributed by atoms with Gasteiger partial charge < -0.3 is 0 Å². The average Bonchev–Trinajstić information content (AvgIpc) is 2.72. The van der Waals surface area contributed by atoms with Gasteiger partial charge in [-0.3, -0.25) is 8.24 Å². The molecule has 0 aliphatic carbocycles. The molecular weight excluding hydrogens is 470 g/mol. The lowest BCUT2D eigenvalue weighted by atomic mass is 10.2. The molecule has 3 rings (SSSR count). The van der Waals surface area contributed by atoms with Crippen LogP contribution in [0.2, 0.25) is 5.04 Å². The molecule has 0 aliphatic heterocycles. The monoisotopic (exact) mass is 499 g/mol. The zero-order valence-electron chi connectivity index (χ0n) is 18.1. The standard InChI is InChI=1S/C25H30BrNOSSi/c1-25(2,3)30(22-14-7-5-8-15-22,23-16-9-6-10-17-23)27-29(4,28)20-19-21-13-11-12-18-24(21)26/h5-18H,19-20H2,1-4H3. The minimum absolute atomic E-state index is 0.137. The summed E-state index contributed by atoms with van der Waals surface area (Å²) < 4.78 is 20.3. The van der Waals surface area contributed by atoms with Crippen LogP contribution in [-0.2, 0) is 16.1 Å². The third kappa shape index (κ3) is 4.96. The third-order valence-corrected chi connectivity index (χ3v) is 14.4. The molecule has 0 aromatic heterocycles. The van der Waals surface area contributed by atoms with E-state index in [1.54, 1.807) is 0 Å². The van der Waals surface area contributed by atoms with Gasteiger partial charge in [0.2, 0.25) is 0 Å². The molecule has 0 spiro atoms. The SMILES string of the molecule is CC(C)(C)[Si](N=S(C)(=O)CCc1ccccc1Br)(c1ccccc1)c1ccccc1. The van der Waals surface area contributed by atoms with Crippen molar-refractivity contribution >= 4 is 44.3 Å². The summed E-state index contributed by atoms with van der Waals surface area (Å²) in [5.41, 5.74) is 1.17. The van der Waals surface area contributed by atoms with E-state index < -0.39 is 18.0 Å². The molecule has 0 bridgehead atoms. The maximum absolute atomic E-state index is 13.9. The van der Waals surface area contributed by atoms with E-state index in [0.717, 1.165) is 10.9 Å². The van der Waals surface area contributed by atoms with Crippen LogP contribution in [0.25, 0.3) is 0 Å². The number of rotatable bonds is 6. The van der Waals surface area contributed by atoms with Crippen molar-refractivity contribution in [1.82, 2.24) is 0 Å². The van der Waals surface area contributed by atoms with Crippen molar-refractivity contribution in [3.05, 3.63) is 95.0 Å². The van der Waals surface area contributed by atoms with Gasteiger partial charge in [-0.1, -0.05) is 116 Å². The van der Waals surface area contributed by atoms with Crippen LogP contribution >= 0.6 is 15.9 Å². The Morgan fingerprint density at radius 1 is 0.833 bits per heavy atom. The van der Waals surface area contributed by atoms with E-state index in [4.69, 9.17) is 4.03 Å². The fraction of sp³-hybridized carbons (Fsp3) is 0.280. The number of benzene rings is 3. The Morgan fingerprint density at radius 3 is 1.77 bits per heavy atom. The largest absolute Gasteiger partial charge is 0.266 e. The Balaban J connectivity index is 2.17. The van der Waals surface area contributed by atoms with Gasteiger partial charge in [0.05, 0.1) is 0 Å². The van der Waals surface area contributed by atoms with Crippen LogP contribution in [0.15, 0.2) is 93.4 Å². The molecule has 0 heterocycles. The highest BCUT2D eigenvalue weighted by atomic mass is 79.9. The van der Waals surface area contributed by atoms with Crippen LogP contribution in [0.3, 0.4) is 0 Å². The molecule has 1 atom stereocenters. The van der Waals surface area contributed by atoms with Gasteiger partial charge in [-0.2, -0.15) is 0 Å². The Hall–Kier alpha value is -1.69. The predicted octanol–water partition coefficient (Wildman–Crippen LogP) is 5.65. The first-order chi connectivity index (χ1) is 14.2. The molecule has 0 saturated carbocycles. The number of aryl methyl sites for hydroxylation is 1. The molecule has 0 radical (unpaired) electrons. The second-order valence-corrected chi connectivity index (χ2v) is 16.8. The van der Waals surface area contributed by atoms with Gasteiger partial charge in [0.25, 0.3) is 8.24 Å². The zero-order valence-corrected chi connectivity index (χ0v) is 21.5. The van der Waals surface area contributed by atoms with Gasteiger partial charge in [0.1, 0.15) is 0 Å². The number of hydrogen-bond acceptors (Lipinski definition) is 2.